The third-order valence-electron chi connectivity index (χ3n) is 6.20. The van der Waals surface area contributed by atoms with Gasteiger partial charge in [0.1, 0.15) is 5.75 Å². The molecule has 0 radical (unpaired) electrons. The summed E-state index contributed by atoms with van der Waals surface area (Å²) in [5.41, 5.74) is 8.40. The number of carbonyl (C=O) groups is 2. The zero-order chi connectivity index (χ0) is 22.5. The summed E-state index contributed by atoms with van der Waals surface area (Å²) >= 11 is 0. The summed E-state index contributed by atoms with van der Waals surface area (Å²) in [4.78, 5) is 26.8. The number of ether oxygens (including phenoxy) is 1. The zero-order valence-corrected chi connectivity index (χ0v) is 18.4. The third kappa shape index (κ3) is 4.99. The molecule has 0 saturated carbocycles. The molecule has 2 amide bonds. The van der Waals surface area contributed by atoms with Gasteiger partial charge in [0.15, 0.2) is 0 Å². The topological polar surface area (TPSA) is 88.2 Å². The predicted molar refractivity (Wildman–Crippen MR) is 123 cm³/mol. The Morgan fingerprint density at radius 2 is 1.75 bits per heavy atom. The maximum atomic E-state index is 13.3. The van der Waals surface area contributed by atoms with E-state index in [1.807, 2.05) is 61.5 Å². The highest BCUT2D eigenvalue weighted by Crippen LogP contribution is 2.34. The molecule has 2 aliphatic rings. The van der Waals surface area contributed by atoms with E-state index in [0.717, 1.165) is 22.6 Å². The highest BCUT2D eigenvalue weighted by molar-refractivity contribution is 6.03. The molecule has 0 aliphatic carbocycles. The number of nitrogens with two attached hydrogens (primary N) is 1. The van der Waals surface area contributed by atoms with E-state index in [1.54, 1.807) is 5.01 Å². The molecule has 0 spiro atoms. The van der Waals surface area contributed by atoms with Crippen LogP contribution in [-0.2, 0) is 9.59 Å². The van der Waals surface area contributed by atoms with Crippen LogP contribution in [0.3, 0.4) is 0 Å². The Balaban J connectivity index is 1.51. The van der Waals surface area contributed by atoms with Crippen LogP contribution in [0.25, 0.3) is 0 Å². The largest absolute Gasteiger partial charge is 0.494 e. The summed E-state index contributed by atoms with van der Waals surface area (Å²) in [5, 5.41) is 6.39. The number of piperidine rings is 1. The molecule has 1 fully saturated rings. The van der Waals surface area contributed by atoms with Crippen molar-refractivity contribution in [3.63, 3.8) is 0 Å². The van der Waals surface area contributed by atoms with Crippen molar-refractivity contribution in [2.45, 2.75) is 32.2 Å². The molecule has 2 aromatic carbocycles. The minimum absolute atomic E-state index is 0.0349. The first kappa shape index (κ1) is 22.0. The monoisotopic (exact) mass is 434 g/mol. The lowest BCUT2D eigenvalue weighted by Crippen LogP contribution is -2.43. The molecule has 2 heterocycles. The summed E-state index contributed by atoms with van der Waals surface area (Å²) in [6.45, 7) is 4.23. The fraction of sp³-hybridized carbons (Fsp3) is 0.400. The maximum absolute atomic E-state index is 13.3. The van der Waals surface area contributed by atoms with E-state index in [2.05, 4.69) is 4.90 Å². The molecule has 1 saturated heterocycles. The second-order valence-electron chi connectivity index (χ2n) is 8.33. The standard InChI is InChI=1S/C25H30N4O3/c1-2-32-21-10-8-19(9-11-21)23-16-22(18-6-4-3-5-7-18)27-29(23)24(30)17-28-14-12-20(13-15-28)25(26)31/h3-11,20,23H,2,12-17H2,1H3,(H2,26,31)/t23-/m1/s1. The predicted octanol–water partition coefficient (Wildman–Crippen LogP) is 2.96. The Morgan fingerprint density at radius 3 is 2.38 bits per heavy atom. The van der Waals surface area contributed by atoms with E-state index in [0.29, 0.717) is 39.0 Å². The van der Waals surface area contributed by atoms with E-state index < -0.39 is 0 Å². The van der Waals surface area contributed by atoms with Gasteiger partial charge in [-0.2, -0.15) is 5.10 Å². The first-order valence-electron chi connectivity index (χ1n) is 11.2. The molecule has 7 nitrogen and oxygen atoms in total. The molecular formula is C25H30N4O3. The van der Waals surface area contributed by atoms with Crippen molar-refractivity contribution in [2.75, 3.05) is 26.2 Å². The van der Waals surface area contributed by atoms with Gasteiger partial charge in [-0.25, -0.2) is 5.01 Å². The van der Waals surface area contributed by atoms with Crippen LogP contribution in [0.15, 0.2) is 59.7 Å². The number of primary amides is 1. The van der Waals surface area contributed by atoms with Crippen molar-refractivity contribution in [3.8, 4) is 5.75 Å². The van der Waals surface area contributed by atoms with Crippen molar-refractivity contribution in [1.29, 1.82) is 0 Å². The Bertz CT molecular complexity index is 966. The smallest absolute Gasteiger partial charge is 0.257 e. The number of hydrogen-bond acceptors (Lipinski definition) is 5. The lowest BCUT2D eigenvalue weighted by Gasteiger charge is -2.31. The van der Waals surface area contributed by atoms with Crippen LogP contribution in [0.5, 0.6) is 5.75 Å². The van der Waals surface area contributed by atoms with Gasteiger partial charge in [0.25, 0.3) is 5.91 Å². The van der Waals surface area contributed by atoms with E-state index in [4.69, 9.17) is 15.6 Å². The Kier molecular flexibility index (Phi) is 6.85. The highest BCUT2D eigenvalue weighted by Gasteiger charge is 2.34. The van der Waals surface area contributed by atoms with Crippen molar-refractivity contribution in [3.05, 3.63) is 65.7 Å². The number of hydrazone groups is 1. The summed E-state index contributed by atoms with van der Waals surface area (Å²) in [6.07, 6.45) is 2.06. The number of rotatable bonds is 7. The lowest BCUT2D eigenvalue weighted by molar-refractivity contribution is -0.134. The first-order valence-corrected chi connectivity index (χ1v) is 11.2. The van der Waals surface area contributed by atoms with Gasteiger partial charge in [-0.3, -0.25) is 14.5 Å². The molecular weight excluding hydrogens is 404 g/mol. The van der Waals surface area contributed by atoms with Gasteiger partial charge in [0.2, 0.25) is 5.91 Å². The van der Waals surface area contributed by atoms with Crippen LogP contribution in [0.1, 0.15) is 43.4 Å². The van der Waals surface area contributed by atoms with Crippen LogP contribution < -0.4 is 10.5 Å². The second kappa shape index (κ2) is 9.96. The average Bonchev–Trinajstić information content (AvgIpc) is 3.26. The van der Waals surface area contributed by atoms with Crippen LogP contribution in [0.2, 0.25) is 0 Å². The molecule has 0 bridgehead atoms. The SMILES string of the molecule is CCOc1ccc([C@H]2CC(c3ccccc3)=NN2C(=O)CN2CCC(C(N)=O)CC2)cc1. The fourth-order valence-electron chi connectivity index (χ4n) is 4.40. The number of benzene rings is 2. The molecule has 7 heteroatoms. The second-order valence-corrected chi connectivity index (χ2v) is 8.33. The van der Waals surface area contributed by atoms with E-state index in [1.165, 1.54) is 0 Å². The van der Waals surface area contributed by atoms with Crippen LogP contribution >= 0.6 is 0 Å². The van der Waals surface area contributed by atoms with Crippen molar-refractivity contribution >= 4 is 17.5 Å². The van der Waals surface area contributed by atoms with Crippen molar-refractivity contribution in [2.24, 2.45) is 16.8 Å². The molecule has 0 unspecified atom stereocenters. The lowest BCUT2D eigenvalue weighted by atomic mass is 9.96. The summed E-state index contributed by atoms with van der Waals surface area (Å²) in [6, 6.07) is 17.7. The van der Waals surface area contributed by atoms with Crippen LogP contribution in [0, 0.1) is 5.92 Å². The fourth-order valence-corrected chi connectivity index (χ4v) is 4.40. The summed E-state index contributed by atoms with van der Waals surface area (Å²) in [5.74, 6) is 0.441. The molecule has 2 N–H and O–H groups in total. The van der Waals surface area contributed by atoms with Gasteiger partial charge in [0, 0.05) is 12.3 Å². The third-order valence-corrected chi connectivity index (χ3v) is 6.20. The average molecular weight is 435 g/mol. The maximum Gasteiger partial charge on any atom is 0.257 e. The van der Waals surface area contributed by atoms with Gasteiger partial charge < -0.3 is 10.5 Å². The van der Waals surface area contributed by atoms with Gasteiger partial charge >= 0.3 is 0 Å². The van der Waals surface area contributed by atoms with Gasteiger partial charge in [-0.05, 0) is 56.1 Å². The molecule has 2 aromatic rings. The Labute approximate surface area is 188 Å². The number of nitrogens with zero attached hydrogens (tertiary/aromatic N) is 3. The normalized spacial score (nSPS) is 19.6. The molecule has 32 heavy (non-hydrogen) atoms. The first-order chi connectivity index (χ1) is 15.5. The number of hydrogen-bond donors (Lipinski definition) is 1. The number of likely N-dealkylation sites (tertiary alicyclic amines) is 1. The quantitative estimate of drug-likeness (QED) is 0.726. The zero-order valence-electron chi connectivity index (χ0n) is 18.4. The van der Waals surface area contributed by atoms with Gasteiger partial charge in [-0.1, -0.05) is 42.5 Å². The van der Waals surface area contributed by atoms with E-state index in [-0.39, 0.29) is 30.3 Å². The Morgan fingerprint density at radius 1 is 1.06 bits per heavy atom. The molecule has 2 aliphatic heterocycles. The van der Waals surface area contributed by atoms with E-state index >= 15 is 0 Å². The van der Waals surface area contributed by atoms with Crippen LogP contribution in [-0.4, -0.2) is 53.7 Å². The molecule has 4 rings (SSSR count). The van der Waals surface area contributed by atoms with Crippen molar-refractivity contribution < 1.29 is 14.3 Å². The molecule has 1 atom stereocenters. The summed E-state index contributed by atoms with van der Waals surface area (Å²) in [7, 11) is 0. The number of carbonyl (C=O) groups excluding carboxylic acids is 2. The van der Waals surface area contributed by atoms with Crippen LogP contribution in [0.4, 0.5) is 0 Å². The van der Waals surface area contributed by atoms with Crippen molar-refractivity contribution in [1.82, 2.24) is 9.91 Å². The van der Waals surface area contributed by atoms with E-state index in [9.17, 15) is 9.59 Å². The number of amides is 2. The minimum Gasteiger partial charge on any atom is -0.494 e. The molecule has 0 aromatic heterocycles. The summed E-state index contributed by atoms with van der Waals surface area (Å²) < 4.78 is 5.57. The molecule has 168 valence electrons. The minimum atomic E-state index is -0.247. The highest BCUT2D eigenvalue weighted by atomic mass is 16.5. The Hall–Kier alpha value is -3.19. The van der Waals surface area contributed by atoms with Gasteiger partial charge in [0.05, 0.1) is 24.9 Å². The van der Waals surface area contributed by atoms with Gasteiger partial charge in [-0.15, -0.1) is 0 Å².